The van der Waals surface area contributed by atoms with Crippen LogP contribution in [-0.4, -0.2) is 55.6 Å². The minimum Gasteiger partial charge on any atom is -0.364 e. The second-order valence-corrected chi connectivity index (χ2v) is 8.99. The van der Waals surface area contributed by atoms with Crippen LogP contribution in [0.5, 0.6) is 0 Å². The lowest BCUT2D eigenvalue weighted by Crippen LogP contribution is -2.39. The number of methoxy groups -OCH3 is 1. The molecule has 0 aliphatic heterocycles. The first-order valence-electron chi connectivity index (χ1n) is 11.9. The molecular formula is C26H31N7O2. The van der Waals surface area contributed by atoms with E-state index >= 15 is 0 Å². The van der Waals surface area contributed by atoms with Crippen LogP contribution >= 0.6 is 0 Å². The molecule has 1 N–H and O–H groups in total. The van der Waals surface area contributed by atoms with Crippen molar-refractivity contribution >= 4 is 5.82 Å². The molecule has 3 heterocycles. The molecule has 9 heteroatoms. The highest BCUT2D eigenvalue weighted by Gasteiger charge is 2.27. The van der Waals surface area contributed by atoms with Crippen LogP contribution in [0.25, 0.3) is 33.6 Å². The van der Waals surface area contributed by atoms with Crippen LogP contribution in [-0.2, 0) is 23.6 Å². The van der Waals surface area contributed by atoms with Gasteiger partial charge in [-0.2, -0.15) is 10.2 Å². The first-order valence-corrected chi connectivity index (χ1v) is 11.9. The van der Waals surface area contributed by atoms with E-state index in [-0.39, 0.29) is 18.9 Å². The average Bonchev–Trinajstić information content (AvgIpc) is 3.52. The maximum Gasteiger partial charge on any atom is 0.161 e. The fourth-order valence-corrected chi connectivity index (χ4v) is 4.60. The highest BCUT2D eigenvalue weighted by atomic mass is 16.7. The van der Waals surface area contributed by atoms with Gasteiger partial charge in [0.05, 0.1) is 24.5 Å². The van der Waals surface area contributed by atoms with E-state index in [0.717, 1.165) is 59.3 Å². The fraction of sp³-hybridized carbons (Fsp3) is 0.385. The summed E-state index contributed by atoms with van der Waals surface area (Å²) in [6.07, 6.45) is 13.9. The molecule has 1 saturated carbocycles. The minimum atomic E-state index is 0.0674. The van der Waals surface area contributed by atoms with E-state index in [2.05, 4.69) is 27.6 Å². The molecule has 0 amide bonds. The summed E-state index contributed by atoms with van der Waals surface area (Å²) in [5.74, 6) is 1.45. The number of aryl methyl sites for hydroxylation is 2. The first kappa shape index (κ1) is 23.2. The van der Waals surface area contributed by atoms with Crippen LogP contribution in [0, 0.1) is 0 Å². The zero-order valence-corrected chi connectivity index (χ0v) is 20.4. The van der Waals surface area contributed by atoms with Crippen molar-refractivity contribution in [3.8, 4) is 33.6 Å². The Labute approximate surface area is 205 Å². The fourth-order valence-electron chi connectivity index (χ4n) is 4.60. The molecule has 1 aromatic carbocycles. The Balaban J connectivity index is 1.51. The van der Waals surface area contributed by atoms with Gasteiger partial charge in [-0.25, -0.2) is 9.97 Å². The highest BCUT2D eigenvalue weighted by molar-refractivity contribution is 5.76. The molecule has 1 aliphatic rings. The van der Waals surface area contributed by atoms with Crippen LogP contribution < -0.4 is 5.32 Å². The topological polar surface area (TPSA) is 91.9 Å². The summed E-state index contributed by atoms with van der Waals surface area (Å²) >= 11 is 0. The van der Waals surface area contributed by atoms with Gasteiger partial charge in [0.2, 0.25) is 0 Å². The molecule has 2 atom stereocenters. The minimum absolute atomic E-state index is 0.0674. The summed E-state index contributed by atoms with van der Waals surface area (Å²) in [4.78, 5) is 9.75. The number of benzene rings is 1. The summed E-state index contributed by atoms with van der Waals surface area (Å²) in [7, 11) is 5.48. The van der Waals surface area contributed by atoms with E-state index in [4.69, 9.17) is 19.4 Å². The lowest BCUT2D eigenvalue weighted by atomic mass is 9.92. The Morgan fingerprint density at radius 2 is 1.69 bits per heavy atom. The van der Waals surface area contributed by atoms with Crippen molar-refractivity contribution in [1.82, 2.24) is 29.5 Å². The number of hydrogen-bond acceptors (Lipinski definition) is 7. The molecule has 35 heavy (non-hydrogen) atoms. The molecule has 4 aromatic rings. The number of rotatable bonds is 8. The number of hydrogen-bond donors (Lipinski definition) is 1. The number of nitrogens with zero attached hydrogens (tertiary/aromatic N) is 6. The summed E-state index contributed by atoms with van der Waals surface area (Å²) in [5, 5.41) is 12.3. The quantitative estimate of drug-likeness (QED) is 0.382. The molecule has 0 bridgehead atoms. The van der Waals surface area contributed by atoms with Gasteiger partial charge in [-0.15, -0.1) is 0 Å². The number of nitrogens with one attached hydrogen (secondary N) is 1. The van der Waals surface area contributed by atoms with E-state index in [1.807, 2.05) is 57.2 Å². The van der Waals surface area contributed by atoms with Crippen molar-refractivity contribution in [2.75, 3.05) is 19.2 Å². The van der Waals surface area contributed by atoms with Gasteiger partial charge in [-0.1, -0.05) is 31.0 Å². The van der Waals surface area contributed by atoms with Crippen molar-refractivity contribution < 1.29 is 9.47 Å². The Hall–Kier alpha value is -3.56. The maximum absolute atomic E-state index is 6.00. The average molecular weight is 474 g/mol. The molecule has 182 valence electrons. The predicted octanol–water partition coefficient (Wildman–Crippen LogP) is 4.29. The SMILES string of the molecule is COCO[C@@H]1CCCC[C@@H]1Nc1nc(-c2cccc(-c3cnn(C)c3)c2)ncc1-c1cnn(C)c1. The van der Waals surface area contributed by atoms with Gasteiger partial charge in [0, 0.05) is 62.0 Å². The molecule has 3 aromatic heterocycles. The molecule has 0 radical (unpaired) electrons. The molecule has 9 nitrogen and oxygen atoms in total. The van der Waals surface area contributed by atoms with Crippen LogP contribution in [0.1, 0.15) is 25.7 Å². The third-order valence-corrected chi connectivity index (χ3v) is 6.39. The van der Waals surface area contributed by atoms with E-state index in [1.54, 1.807) is 16.5 Å². The van der Waals surface area contributed by atoms with E-state index in [9.17, 15) is 0 Å². The lowest BCUT2D eigenvalue weighted by Gasteiger charge is -2.32. The van der Waals surface area contributed by atoms with Crippen LogP contribution in [0.4, 0.5) is 5.82 Å². The molecule has 0 saturated heterocycles. The molecule has 1 fully saturated rings. The van der Waals surface area contributed by atoms with Crippen LogP contribution in [0.2, 0.25) is 0 Å². The second kappa shape index (κ2) is 10.4. The Morgan fingerprint density at radius 3 is 2.43 bits per heavy atom. The zero-order chi connectivity index (χ0) is 24.2. The van der Waals surface area contributed by atoms with Gasteiger partial charge in [0.15, 0.2) is 5.82 Å². The third kappa shape index (κ3) is 5.26. The van der Waals surface area contributed by atoms with Gasteiger partial charge in [0.25, 0.3) is 0 Å². The number of aromatic nitrogens is 6. The Bertz CT molecular complexity index is 1280. The normalized spacial score (nSPS) is 18.0. The van der Waals surface area contributed by atoms with Crippen molar-refractivity contribution in [1.29, 1.82) is 0 Å². The van der Waals surface area contributed by atoms with Gasteiger partial charge in [-0.3, -0.25) is 9.36 Å². The van der Waals surface area contributed by atoms with Crippen molar-refractivity contribution in [3.05, 3.63) is 55.2 Å². The summed E-state index contributed by atoms with van der Waals surface area (Å²) in [5.41, 5.74) is 4.96. The molecule has 1 aliphatic carbocycles. The predicted molar refractivity (Wildman–Crippen MR) is 134 cm³/mol. The van der Waals surface area contributed by atoms with Crippen LogP contribution in [0.3, 0.4) is 0 Å². The van der Waals surface area contributed by atoms with E-state index < -0.39 is 0 Å². The van der Waals surface area contributed by atoms with Gasteiger partial charge in [-0.05, 0) is 24.5 Å². The molecule has 5 rings (SSSR count). The Morgan fingerprint density at radius 1 is 0.943 bits per heavy atom. The monoisotopic (exact) mass is 473 g/mol. The van der Waals surface area contributed by atoms with Gasteiger partial charge >= 0.3 is 0 Å². The van der Waals surface area contributed by atoms with Crippen molar-refractivity contribution in [2.24, 2.45) is 14.1 Å². The second-order valence-electron chi connectivity index (χ2n) is 8.99. The van der Waals surface area contributed by atoms with Gasteiger partial charge in [0.1, 0.15) is 12.6 Å². The van der Waals surface area contributed by atoms with E-state index in [1.165, 1.54) is 0 Å². The highest BCUT2D eigenvalue weighted by Crippen LogP contribution is 2.32. The van der Waals surface area contributed by atoms with E-state index in [0.29, 0.717) is 5.82 Å². The largest absolute Gasteiger partial charge is 0.364 e. The zero-order valence-electron chi connectivity index (χ0n) is 20.4. The van der Waals surface area contributed by atoms with Crippen LogP contribution in [0.15, 0.2) is 55.2 Å². The molecule has 0 spiro atoms. The molecule has 0 unspecified atom stereocenters. The van der Waals surface area contributed by atoms with Crippen molar-refractivity contribution in [2.45, 2.75) is 37.8 Å². The van der Waals surface area contributed by atoms with Crippen molar-refractivity contribution in [3.63, 3.8) is 0 Å². The standard InChI is InChI=1S/C26H31N7O2/c1-32-15-20(12-28-32)18-7-6-8-19(11-18)25-27-14-22(21-13-29-33(2)16-21)26(31-25)30-23-9-4-5-10-24(23)35-17-34-3/h6-8,11-16,23-24H,4-5,9-10,17H2,1-3H3,(H,27,30,31)/t23-,24+/m0/s1. The van der Waals surface area contributed by atoms with Gasteiger partial charge < -0.3 is 14.8 Å². The Kier molecular flexibility index (Phi) is 6.87. The molecular weight excluding hydrogens is 442 g/mol. The summed E-state index contributed by atoms with van der Waals surface area (Å²) in [6, 6.07) is 8.38. The third-order valence-electron chi connectivity index (χ3n) is 6.39. The lowest BCUT2D eigenvalue weighted by molar-refractivity contribution is -0.0857. The first-order chi connectivity index (χ1) is 17.1. The number of ether oxygens (including phenoxy) is 2. The summed E-state index contributed by atoms with van der Waals surface area (Å²) < 4.78 is 14.8. The summed E-state index contributed by atoms with van der Waals surface area (Å²) in [6.45, 7) is 0.286. The maximum atomic E-state index is 6.00. The smallest absolute Gasteiger partial charge is 0.161 e. The number of anilines is 1.